The quantitative estimate of drug-likeness (QED) is 0.897. The molecule has 0 spiro atoms. The first-order valence-corrected chi connectivity index (χ1v) is 6.90. The zero-order valence-electron chi connectivity index (χ0n) is 12.3. The van der Waals surface area contributed by atoms with E-state index in [4.69, 9.17) is 0 Å². The molecule has 1 atom stereocenters. The van der Waals surface area contributed by atoms with Gasteiger partial charge in [-0.15, -0.1) is 0 Å². The number of hydrogen-bond acceptors (Lipinski definition) is 3. The highest BCUT2D eigenvalue weighted by molar-refractivity contribution is 5.99. The summed E-state index contributed by atoms with van der Waals surface area (Å²) in [5.74, 6) is 0.168. The van der Waals surface area contributed by atoms with Crippen LogP contribution < -0.4 is 10.2 Å². The Bertz CT molecular complexity index is 447. The minimum absolute atomic E-state index is 0.0393. The number of aryl methyl sites for hydroxylation is 1. The molecule has 1 aromatic rings. The molecule has 19 heavy (non-hydrogen) atoms. The van der Waals surface area contributed by atoms with Crippen LogP contribution >= 0.6 is 0 Å². The van der Waals surface area contributed by atoms with Gasteiger partial charge in [-0.25, -0.2) is 0 Å². The summed E-state index contributed by atoms with van der Waals surface area (Å²) in [4.78, 5) is 14.1. The van der Waals surface area contributed by atoms with E-state index in [-0.39, 0.29) is 11.9 Å². The molecule has 1 fully saturated rings. The van der Waals surface area contributed by atoms with Crippen molar-refractivity contribution < 1.29 is 4.79 Å². The summed E-state index contributed by atoms with van der Waals surface area (Å²) in [6.45, 7) is 8.31. The number of rotatable bonds is 4. The Kier molecular flexibility index (Phi) is 3.94. The monoisotopic (exact) mass is 264 g/mol. The third-order valence-corrected chi connectivity index (χ3v) is 3.47. The van der Waals surface area contributed by atoms with Crippen LogP contribution in [0, 0.1) is 5.41 Å². The van der Waals surface area contributed by atoms with Gasteiger partial charge in [0.25, 0.3) is 0 Å². The molecule has 1 amide bonds. The van der Waals surface area contributed by atoms with Gasteiger partial charge in [0, 0.05) is 19.8 Å². The van der Waals surface area contributed by atoms with Gasteiger partial charge in [0.15, 0.2) is 0 Å². The van der Waals surface area contributed by atoms with Gasteiger partial charge in [-0.3, -0.25) is 9.48 Å². The highest BCUT2D eigenvalue weighted by atomic mass is 16.2. The Morgan fingerprint density at radius 1 is 1.47 bits per heavy atom. The molecule has 0 aliphatic carbocycles. The maximum atomic E-state index is 12.3. The number of hydrogen-bond donors (Lipinski definition) is 1. The number of anilines is 1. The van der Waals surface area contributed by atoms with E-state index in [1.54, 1.807) is 10.9 Å². The van der Waals surface area contributed by atoms with E-state index in [0.717, 1.165) is 31.6 Å². The maximum Gasteiger partial charge on any atom is 0.244 e. The first-order valence-electron chi connectivity index (χ1n) is 6.90. The molecule has 0 saturated carbocycles. The van der Waals surface area contributed by atoms with Crippen LogP contribution in [-0.2, 0) is 11.8 Å². The average molecular weight is 264 g/mol. The van der Waals surface area contributed by atoms with Gasteiger partial charge in [0.1, 0.15) is 0 Å². The standard InChI is InChI=1S/C14H24N4O/c1-14(2,3)6-7-15-12-5-8-18(13(12)19)11-9-16-17(4)10-11/h9-10,12,15H,5-8H2,1-4H3/t12-/m1/s1. The van der Waals surface area contributed by atoms with Gasteiger partial charge in [-0.2, -0.15) is 5.10 Å². The topological polar surface area (TPSA) is 50.2 Å². The smallest absolute Gasteiger partial charge is 0.244 e. The van der Waals surface area contributed by atoms with E-state index in [1.165, 1.54) is 0 Å². The molecule has 1 N–H and O–H groups in total. The first-order chi connectivity index (χ1) is 8.87. The molecular formula is C14H24N4O. The van der Waals surface area contributed by atoms with Crippen molar-refractivity contribution >= 4 is 11.6 Å². The lowest BCUT2D eigenvalue weighted by atomic mass is 9.92. The van der Waals surface area contributed by atoms with Gasteiger partial charge in [-0.05, 0) is 24.8 Å². The summed E-state index contributed by atoms with van der Waals surface area (Å²) < 4.78 is 1.73. The summed E-state index contributed by atoms with van der Waals surface area (Å²) >= 11 is 0. The van der Waals surface area contributed by atoms with E-state index in [9.17, 15) is 4.79 Å². The van der Waals surface area contributed by atoms with E-state index in [1.807, 2.05) is 18.1 Å². The number of amides is 1. The van der Waals surface area contributed by atoms with Crippen LogP contribution in [0.2, 0.25) is 0 Å². The Morgan fingerprint density at radius 3 is 2.79 bits per heavy atom. The zero-order valence-corrected chi connectivity index (χ0v) is 12.3. The number of nitrogens with one attached hydrogen (secondary N) is 1. The summed E-state index contributed by atoms with van der Waals surface area (Å²) in [5.41, 5.74) is 1.20. The summed E-state index contributed by atoms with van der Waals surface area (Å²) in [6.07, 6.45) is 5.58. The van der Waals surface area contributed by atoms with Crippen LogP contribution in [0.5, 0.6) is 0 Å². The maximum absolute atomic E-state index is 12.3. The number of aromatic nitrogens is 2. The second-order valence-corrected chi connectivity index (χ2v) is 6.47. The van der Waals surface area contributed by atoms with Crippen molar-refractivity contribution in [2.75, 3.05) is 18.0 Å². The number of nitrogens with zero attached hydrogens (tertiary/aromatic N) is 3. The van der Waals surface area contributed by atoms with Gasteiger partial charge >= 0.3 is 0 Å². The second kappa shape index (κ2) is 5.33. The predicted octanol–water partition coefficient (Wildman–Crippen LogP) is 1.55. The summed E-state index contributed by atoms with van der Waals surface area (Å²) in [7, 11) is 1.86. The lowest BCUT2D eigenvalue weighted by Gasteiger charge is -2.20. The molecule has 2 heterocycles. The highest BCUT2D eigenvalue weighted by Crippen LogP contribution is 2.21. The van der Waals surface area contributed by atoms with E-state index in [0.29, 0.717) is 5.41 Å². The van der Waals surface area contributed by atoms with E-state index < -0.39 is 0 Å². The fraction of sp³-hybridized carbons (Fsp3) is 0.714. The van der Waals surface area contributed by atoms with Gasteiger partial charge in [0.05, 0.1) is 17.9 Å². The van der Waals surface area contributed by atoms with Crippen molar-refractivity contribution in [3.05, 3.63) is 12.4 Å². The normalized spacial score (nSPS) is 20.3. The van der Waals surface area contributed by atoms with Crippen LogP contribution in [0.15, 0.2) is 12.4 Å². The minimum Gasteiger partial charge on any atom is -0.308 e. The third-order valence-electron chi connectivity index (χ3n) is 3.47. The number of carbonyl (C=O) groups excluding carboxylic acids is 1. The fourth-order valence-corrected chi connectivity index (χ4v) is 2.29. The molecule has 2 rings (SSSR count). The van der Waals surface area contributed by atoms with Crippen LogP contribution in [0.1, 0.15) is 33.6 Å². The highest BCUT2D eigenvalue weighted by Gasteiger charge is 2.32. The first kappa shape index (κ1) is 14.1. The average Bonchev–Trinajstić information content (AvgIpc) is 2.85. The Balaban J connectivity index is 1.88. The molecule has 106 valence electrons. The Labute approximate surface area is 115 Å². The van der Waals surface area contributed by atoms with Gasteiger partial charge in [-0.1, -0.05) is 20.8 Å². The van der Waals surface area contributed by atoms with Crippen molar-refractivity contribution in [1.29, 1.82) is 0 Å². The molecule has 5 heteroatoms. The molecule has 0 bridgehead atoms. The minimum atomic E-state index is -0.0393. The van der Waals surface area contributed by atoms with Crippen LogP contribution in [0.25, 0.3) is 0 Å². The van der Waals surface area contributed by atoms with Gasteiger partial charge in [0.2, 0.25) is 5.91 Å². The largest absolute Gasteiger partial charge is 0.308 e. The second-order valence-electron chi connectivity index (χ2n) is 6.47. The SMILES string of the molecule is Cn1cc(N2CC[C@@H](NCCC(C)(C)C)C2=O)cn1. The van der Waals surface area contributed by atoms with Crippen LogP contribution in [0.4, 0.5) is 5.69 Å². The van der Waals surface area contributed by atoms with Crippen molar-refractivity contribution in [2.45, 2.75) is 39.7 Å². The van der Waals surface area contributed by atoms with Crippen molar-refractivity contribution in [3.8, 4) is 0 Å². The van der Waals surface area contributed by atoms with Crippen LogP contribution in [0.3, 0.4) is 0 Å². The predicted molar refractivity (Wildman–Crippen MR) is 76.0 cm³/mol. The Morgan fingerprint density at radius 2 is 2.21 bits per heavy atom. The van der Waals surface area contributed by atoms with Crippen molar-refractivity contribution in [3.63, 3.8) is 0 Å². The molecule has 1 aliphatic heterocycles. The zero-order chi connectivity index (χ0) is 14.0. The summed E-state index contributed by atoms with van der Waals surface area (Å²) in [6, 6.07) is -0.0393. The lowest BCUT2D eigenvalue weighted by molar-refractivity contribution is -0.118. The molecule has 1 aromatic heterocycles. The molecule has 1 aliphatic rings. The molecular weight excluding hydrogens is 240 g/mol. The Hall–Kier alpha value is -1.36. The van der Waals surface area contributed by atoms with E-state index >= 15 is 0 Å². The van der Waals surface area contributed by atoms with Gasteiger partial charge < -0.3 is 10.2 Å². The summed E-state index contributed by atoms with van der Waals surface area (Å²) in [5, 5.41) is 7.49. The fourth-order valence-electron chi connectivity index (χ4n) is 2.29. The number of carbonyl (C=O) groups is 1. The van der Waals surface area contributed by atoms with E-state index in [2.05, 4.69) is 31.2 Å². The molecule has 0 aromatic carbocycles. The lowest BCUT2D eigenvalue weighted by Crippen LogP contribution is -2.39. The molecule has 0 radical (unpaired) electrons. The van der Waals surface area contributed by atoms with Crippen molar-refractivity contribution in [1.82, 2.24) is 15.1 Å². The molecule has 5 nitrogen and oxygen atoms in total. The molecule has 0 unspecified atom stereocenters. The van der Waals surface area contributed by atoms with Crippen LogP contribution in [-0.4, -0.2) is 34.8 Å². The third kappa shape index (κ3) is 3.56. The van der Waals surface area contributed by atoms with Crippen molar-refractivity contribution in [2.24, 2.45) is 12.5 Å². The molecule has 1 saturated heterocycles.